The van der Waals surface area contributed by atoms with Gasteiger partial charge < -0.3 is 15.9 Å². The second-order valence-electron chi connectivity index (χ2n) is 0.650. The molecule has 0 saturated carbocycles. The van der Waals surface area contributed by atoms with Gasteiger partial charge in [0.15, 0.2) is 0 Å². The number of rotatable bonds is 0. The molecule has 0 unspecified atom stereocenters. The Hall–Kier alpha value is 0.750. The summed E-state index contributed by atoms with van der Waals surface area (Å²) >= 11 is 13.8. The van der Waals surface area contributed by atoms with Crippen LogP contribution < -0.4 is 5.73 Å². The Labute approximate surface area is 61.9 Å². The van der Waals surface area contributed by atoms with E-state index in [1.807, 2.05) is 0 Å². The van der Waals surface area contributed by atoms with Gasteiger partial charge in [-0.25, -0.2) is 0 Å². The highest BCUT2D eigenvalue weighted by molar-refractivity contribution is 6.65. The van der Waals surface area contributed by atoms with Gasteiger partial charge in [-0.3, -0.25) is 0 Å². The van der Waals surface area contributed by atoms with Crippen molar-refractivity contribution in [3.8, 4) is 0 Å². The molecule has 0 rings (SSSR count). The van der Waals surface area contributed by atoms with Crippen LogP contribution in [0, 0.1) is 0 Å². The van der Waals surface area contributed by atoms with Crippen LogP contribution in [0.25, 0.3) is 0 Å². The molecule has 0 heterocycles. The zero-order valence-corrected chi connectivity index (χ0v) is 6.08. The average Bonchev–Trinajstić information content (AvgIpc) is 1.27. The fraction of sp³-hybridized carbons (Fsp3) is 1.00. The average molecular weight is 182 g/mol. The number of halogens is 3. The van der Waals surface area contributed by atoms with Crippen molar-refractivity contribution < 1.29 is 10.2 Å². The summed E-state index contributed by atoms with van der Waals surface area (Å²) < 4.78 is -2.08. The molecule has 0 aromatic heterocycles. The molecule has 0 aliphatic heterocycles. The Balaban J connectivity index is 0. The van der Waals surface area contributed by atoms with E-state index in [0.29, 0.717) is 0 Å². The van der Waals surface area contributed by atoms with E-state index in [4.69, 9.17) is 10.2 Å². The maximum absolute atomic E-state index is 7.82. The van der Waals surface area contributed by atoms with E-state index in [-0.39, 0.29) is 6.73 Å². The molecule has 0 aliphatic rings. The lowest BCUT2D eigenvalue weighted by molar-refractivity contribution is 0.297. The molecular weight excluding hydrogens is 176 g/mol. The number of hydrogen-bond donors (Lipinski definition) is 3. The Morgan fingerprint density at radius 3 is 1.38 bits per heavy atom. The number of nitrogens with two attached hydrogens (primary N) is 1. The molecule has 6 heteroatoms. The predicted molar refractivity (Wildman–Crippen MR) is 33.8 cm³/mol. The molecule has 0 aromatic carbocycles. The predicted octanol–water partition coefficient (Wildman–Crippen LogP) is 0.201. The van der Waals surface area contributed by atoms with Crippen LogP contribution in [0.15, 0.2) is 0 Å². The summed E-state index contributed by atoms with van der Waals surface area (Å²) in [5.74, 6) is 0. The van der Waals surface area contributed by atoms with Crippen molar-refractivity contribution >= 4 is 34.8 Å². The zero-order valence-electron chi connectivity index (χ0n) is 3.81. The highest BCUT2D eigenvalue weighted by Crippen LogP contribution is 2.19. The summed E-state index contributed by atoms with van der Waals surface area (Å²) in [6.07, 6.45) is 0. The summed E-state index contributed by atoms with van der Waals surface area (Å²) in [4.78, 5) is 0. The highest BCUT2D eigenvalue weighted by Gasteiger charge is 2.10. The maximum Gasteiger partial charge on any atom is 0.294 e. The van der Waals surface area contributed by atoms with Gasteiger partial charge in [-0.15, -0.1) is 0 Å². The van der Waals surface area contributed by atoms with E-state index in [1.54, 1.807) is 0 Å². The van der Waals surface area contributed by atoms with Crippen molar-refractivity contribution in [2.45, 2.75) is 3.98 Å². The lowest BCUT2D eigenvalue weighted by atomic mass is 11.4. The van der Waals surface area contributed by atoms with Gasteiger partial charge in [0.1, 0.15) is 0 Å². The quantitative estimate of drug-likeness (QED) is 0.370. The molecule has 0 fully saturated rings. The molecule has 0 amide bonds. The summed E-state index contributed by atoms with van der Waals surface area (Å²) in [6.45, 7) is -0.250. The monoisotopic (exact) mass is 181 g/mol. The first-order valence-electron chi connectivity index (χ1n) is 1.52. The largest absolute Gasteiger partial charge is 0.382 e. The standard InChI is InChI=1S/CHCl3O.CH5NO/c2-1(3,4)5;2-1-3/h5H;3H,1-2H2. The first-order valence-corrected chi connectivity index (χ1v) is 2.65. The van der Waals surface area contributed by atoms with Gasteiger partial charge in [-0.2, -0.15) is 0 Å². The van der Waals surface area contributed by atoms with Crippen LogP contribution in [0.1, 0.15) is 0 Å². The fourth-order valence-corrected chi connectivity index (χ4v) is 0. The molecule has 0 atom stereocenters. The minimum absolute atomic E-state index is 0.250. The lowest BCUT2D eigenvalue weighted by Crippen LogP contribution is -1.95. The number of aliphatic hydroxyl groups excluding tert-OH is 1. The van der Waals surface area contributed by atoms with Crippen molar-refractivity contribution in [2.75, 3.05) is 6.73 Å². The zero-order chi connectivity index (χ0) is 7.21. The van der Waals surface area contributed by atoms with E-state index < -0.39 is 3.98 Å². The van der Waals surface area contributed by atoms with Crippen LogP contribution in [0.5, 0.6) is 0 Å². The van der Waals surface area contributed by atoms with E-state index in [1.165, 1.54) is 0 Å². The van der Waals surface area contributed by atoms with E-state index in [2.05, 4.69) is 40.5 Å². The Bertz CT molecular complexity index is 39.0. The summed E-state index contributed by atoms with van der Waals surface area (Å²) in [5, 5.41) is 15.2. The lowest BCUT2D eigenvalue weighted by Gasteiger charge is -1.93. The van der Waals surface area contributed by atoms with Crippen LogP contribution in [0.3, 0.4) is 0 Å². The van der Waals surface area contributed by atoms with E-state index >= 15 is 0 Å². The van der Waals surface area contributed by atoms with Crippen LogP contribution >= 0.6 is 34.8 Å². The molecule has 0 radical (unpaired) electrons. The minimum atomic E-state index is -2.08. The van der Waals surface area contributed by atoms with E-state index in [9.17, 15) is 0 Å². The van der Waals surface area contributed by atoms with Crippen molar-refractivity contribution in [3.05, 3.63) is 0 Å². The number of hydrogen-bond acceptors (Lipinski definition) is 3. The van der Waals surface area contributed by atoms with Crippen molar-refractivity contribution in [1.82, 2.24) is 0 Å². The molecule has 3 nitrogen and oxygen atoms in total. The Morgan fingerprint density at radius 2 is 1.38 bits per heavy atom. The first kappa shape index (κ1) is 11.5. The van der Waals surface area contributed by atoms with Crippen LogP contribution in [0.4, 0.5) is 0 Å². The van der Waals surface area contributed by atoms with Crippen LogP contribution in [-0.2, 0) is 0 Å². The molecule has 0 aromatic rings. The fourth-order valence-electron chi connectivity index (χ4n) is 0. The molecule has 0 saturated heterocycles. The van der Waals surface area contributed by atoms with Gasteiger partial charge in [-0.05, 0) is 0 Å². The highest BCUT2D eigenvalue weighted by atomic mass is 35.6. The van der Waals surface area contributed by atoms with Gasteiger partial charge in [-0.1, -0.05) is 34.8 Å². The summed E-state index contributed by atoms with van der Waals surface area (Å²) in [7, 11) is 0. The molecule has 0 spiro atoms. The van der Waals surface area contributed by atoms with Crippen molar-refractivity contribution in [2.24, 2.45) is 5.73 Å². The molecule has 0 bridgehead atoms. The molecular formula is C2H6Cl3NO2. The third kappa shape index (κ3) is 397. The Morgan fingerprint density at radius 1 is 1.38 bits per heavy atom. The van der Waals surface area contributed by atoms with Gasteiger partial charge in [0.05, 0.1) is 6.73 Å². The normalized spacial score (nSPS) is 9.75. The second-order valence-corrected chi connectivity index (χ2v) is 2.87. The van der Waals surface area contributed by atoms with Gasteiger partial charge in [0, 0.05) is 0 Å². The van der Waals surface area contributed by atoms with Gasteiger partial charge in [0.25, 0.3) is 3.98 Å². The molecule has 0 aliphatic carbocycles. The number of alkyl halides is 3. The van der Waals surface area contributed by atoms with Gasteiger partial charge >= 0.3 is 0 Å². The van der Waals surface area contributed by atoms with Crippen LogP contribution in [-0.4, -0.2) is 20.9 Å². The van der Waals surface area contributed by atoms with Gasteiger partial charge in [0.2, 0.25) is 0 Å². The second kappa shape index (κ2) is 5.88. The minimum Gasteiger partial charge on any atom is -0.382 e. The van der Waals surface area contributed by atoms with Crippen LogP contribution in [0.2, 0.25) is 0 Å². The Kier molecular flexibility index (Phi) is 8.48. The number of aliphatic hydroxyl groups is 2. The molecule has 8 heavy (non-hydrogen) atoms. The topological polar surface area (TPSA) is 66.5 Å². The first-order chi connectivity index (χ1) is 3.41. The van der Waals surface area contributed by atoms with Crippen molar-refractivity contribution in [1.29, 1.82) is 0 Å². The summed E-state index contributed by atoms with van der Waals surface area (Å²) in [6, 6.07) is 0. The molecule has 4 N–H and O–H groups in total. The third-order valence-corrected chi connectivity index (χ3v) is 0. The SMILES string of the molecule is NCO.OC(Cl)(Cl)Cl. The third-order valence-electron chi connectivity index (χ3n) is 0. The van der Waals surface area contributed by atoms with Crippen molar-refractivity contribution in [3.63, 3.8) is 0 Å². The molecule has 52 valence electrons. The summed E-state index contributed by atoms with van der Waals surface area (Å²) in [5.41, 5.74) is 4.40. The smallest absolute Gasteiger partial charge is 0.294 e. The van der Waals surface area contributed by atoms with E-state index in [0.717, 1.165) is 0 Å². The maximum atomic E-state index is 7.82.